The maximum Gasteiger partial charge on any atom is 0.0586 e. The average molecular weight is 227 g/mol. The van der Waals surface area contributed by atoms with E-state index >= 15 is 0 Å². The van der Waals surface area contributed by atoms with Gasteiger partial charge >= 0.3 is 0 Å². The summed E-state index contributed by atoms with van der Waals surface area (Å²) in [5.74, 6) is 0. The Labute approximate surface area is 98.8 Å². The topological polar surface area (TPSA) is 30.0 Å². The molecule has 0 aliphatic carbocycles. The maximum atomic E-state index is 9.25. The third kappa shape index (κ3) is 3.17. The number of likely N-dealkylation sites (N-methyl/N-ethyl adjacent to an activating group) is 1. The van der Waals surface area contributed by atoms with E-state index in [0.29, 0.717) is 12.6 Å². The summed E-state index contributed by atoms with van der Waals surface area (Å²) in [4.78, 5) is 7.40. The van der Waals surface area contributed by atoms with Crippen molar-refractivity contribution in [3.8, 4) is 0 Å². The summed E-state index contributed by atoms with van der Waals surface area (Å²) >= 11 is 0. The molecule has 0 aromatic carbocycles. The SMILES string of the molecule is CN1CCN(CCN2CCC[C@H]2CO)CC1. The Bertz CT molecular complexity index is 204. The van der Waals surface area contributed by atoms with Crippen LogP contribution in [0.4, 0.5) is 0 Å². The van der Waals surface area contributed by atoms with Gasteiger partial charge in [0.15, 0.2) is 0 Å². The van der Waals surface area contributed by atoms with Crippen LogP contribution >= 0.6 is 0 Å². The molecule has 94 valence electrons. The van der Waals surface area contributed by atoms with E-state index in [2.05, 4.69) is 21.7 Å². The number of nitrogens with zero attached hydrogens (tertiary/aromatic N) is 3. The fraction of sp³-hybridized carbons (Fsp3) is 1.00. The van der Waals surface area contributed by atoms with Crippen LogP contribution < -0.4 is 0 Å². The van der Waals surface area contributed by atoms with E-state index in [9.17, 15) is 5.11 Å². The standard InChI is InChI=1S/C12H25N3O/c1-13-5-7-14(8-6-13)9-10-15-4-2-3-12(15)11-16/h12,16H,2-11H2,1H3/t12-/m0/s1. The zero-order valence-electron chi connectivity index (χ0n) is 10.4. The monoisotopic (exact) mass is 227 g/mol. The Morgan fingerprint density at radius 3 is 2.50 bits per heavy atom. The molecule has 2 rings (SSSR count). The van der Waals surface area contributed by atoms with Crippen molar-refractivity contribution in [1.29, 1.82) is 0 Å². The van der Waals surface area contributed by atoms with Crippen molar-refractivity contribution < 1.29 is 5.11 Å². The van der Waals surface area contributed by atoms with Gasteiger partial charge in [-0.3, -0.25) is 9.80 Å². The Balaban J connectivity index is 1.67. The quantitative estimate of drug-likeness (QED) is 0.714. The first kappa shape index (κ1) is 12.3. The van der Waals surface area contributed by atoms with Gasteiger partial charge in [0.1, 0.15) is 0 Å². The van der Waals surface area contributed by atoms with Gasteiger partial charge < -0.3 is 10.0 Å². The predicted octanol–water partition coefficient (Wildman–Crippen LogP) is -0.309. The number of piperazine rings is 1. The lowest BCUT2D eigenvalue weighted by Gasteiger charge is -2.34. The molecule has 4 heteroatoms. The molecule has 2 aliphatic rings. The molecule has 0 unspecified atom stereocenters. The smallest absolute Gasteiger partial charge is 0.0586 e. The van der Waals surface area contributed by atoms with Gasteiger partial charge in [-0.1, -0.05) is 0 Å². The molecule has 0 spiro atoms. The van der Waals surface area contributed by atoms with Crippen molar-refractivity contribution in [3.05, 3.63) is 0 Å². The van der Waals surface area contributed by atoms with E-state index in [-0.39, 0.29) is 0 Å². The van der Waals surface area contributed by atoms with Crippen LogP contribution in [0.25, 0.3) is 0 Å². The minimum Gasteiger partial charge on any atom is -0.395 e. The molecule has 1 atom stereocenters. The van der Waals surface area contributed by atoms with Crippen LogP contribution in [0.3, 0.4) is 0 Å². The second kappa shape index (κ2) is 5.96. The summed E-state index contributed by atoms with van der Waals surface area (Å²) in [6, 6.07) is 0.437. The highest BCUT2D eigenvalue weighted by atomic mass is 16.3. The lowest BCUT2D eigenvalue weighted by atomic mass is 10.2. The minimum absolute atomic E-state index is 0.336. The van der Waals surface area contributed by atoms with E-state index in [1.807, 2.05) is 0 Å². The number of hydrogen-bond acceptors (Lipinski definition) is 4. The summed E-state index contributed by atoms with van der Waals surface area (Å²) in [5, 5.41) is 9.25. The first-order valence-electron chi connectivity index (χ1n) is 6.55. The molecule has 2 aliphatic heterocycles. The molecule has 16 heavy (non-hydrogen) atoms. The Morgan fingerprint density at radius 2 is 1.81 bits per heavy atom. The Hall–Kier alpha value is -0.160. The highest BCUT2D eigenvalue weighted by molar-refractivity contribution is 4.80. The van der Waals surface area contributed by atoms with Crippen molar-refractivity contribution in [3.63, 3.8) is 0 Å². The number of hydrogen-bond donors (Lipinski definition) is 1. The van der Waals surface area contributed by atoms with Gasteiger partial charge in [-0.05, 0) is 26.4 Å². The van der Waals surface area contributed by atoms with Crippen LogP contribution in [0, 0.1) is 0 Å². The minimum atomic E-state index is 0.336. The summed E-state index contributed by atoms with van der Waals surface area (Å²) < 4.78 is 0. The van der Waals surface area contributed by atoms with Crippen molar-refractivity contribution in [2.45, 2.75) is 18.9 Å². The normalized spacial score (nSPS) is 30.0. The second-order valence-corrected chi connectivity index (χ2v) is 5.16. The average Bonchev–Trinajstić information content (AvgIpc) is 2.76. The largest absolute Gasteiger partial charge is 0.395 e. The highest BCUT2D eigenvalue weighted by Crippen LogP contribution is 2.16. The van der Waals surface area contributed by atoms with Crippen LogP contribution in [0.5, 0.6) is 0 Å². The fourth-order valence-corrected chi connectivity index (χ4v) is 2.74. The number of aliphatic hydroxyl groups excluding tert-OH is 1. The summed E-state index contributed by atoms with van der Waals surface area (Å²) in [5.41, 5.74) is 0. The summed E-state index contributed by atoms with van der Waals surface area (Å²) in [6.07, 6.45) is 2.44. The second-order valence-electron chi connectivity index (χ2n) is 5.16. The molecule has 0 saturated carbocycles. The first-order valence-corrected chi connectivity index (χ1v) is 6.55. The zero-order chi connectivity index (χ0) is 11.4. The summed E-state index contributed by atoms with van der Waals surface area (Å²) in [6.45, 7) is 8.62. The van der Waals surface area contributed by atoms with Crippen molar-refractivity contribution >= 4 is 0 Å². The highest BCUT2D eigenvalue weighted by Gasteiger charge is 2.24. The van der Waals surface area contributed by atoms with E-state index < -0.39 is 0 Å². The van der Waals surface area contributed by atoms with Gasteiger partial charge in [0, 0.05) is 45.3 Å². The third-order valence-corrected chi connectivity index (χ3v) is 4.01. The number of rotatable bonds is 4. The van der Waals surface area contributed by atoms with Crippen molar-refractivity contribution in [2.75, 3.05) is 59.5 Å². The van der Waals surface area contributed by atoms with Crippen LogP contribution in [0.1, 0.15) is 12.8 Å². The van der Waals surface area contributed by atoms with E-state index in [1.54, 1.807) is 0 Å². The lowest BCUT2D eigenvalue weighted by Crippen LogP contribution is -2.47. The van der Waals surface area contributed by atoms with E-state index in [0.717, 1.165) is 6.54 Å². The predicted molar refractivity (Wildman–Crippen MR) is 65.6 cm³/mol. The third-order valence-electron chi connectivity index (χ3n) is 4.01. The molecule has 4 nitrogen and oxygen atoms in total. The van der Waals surface area contributed by atoms with Crippen molar-refractivity contribution in [1.82, 2.24) is 14.7 Å². The van der Waals surface area contributed by atoms with Gasteiger partial charge in [-0.15, -0.1) is 0 Å². The zero-order valence-corrected chi connectivity index (χ0v) is 10.4. The number of likely N-dealkylation sites (tertiary alicyclic amines) is 1. The molecule has 2 fully saturated rings. The first-order chi connectivity index (χ1) is 7.79. The molecule has 0 radical (unpaired) electrons. The molecular formula is C12H25N3O. The molecule has 1 N–H and O–H groups in total. The lowest BCUT2D eigenvalue weighted by molar-refractivity contribution is 0.114. The van der Waals surface area contributed by atoms with Crippen LogP contribution in [0.15, 0.2) is 0 Å². The fourth-order valence-electron chi connectivity index (χ4n) is 2.74. The van der Waals surface area contributed by atoms with Crippen molar-refractivity contribution in [2.24, 2.45) is 0 Å². The van der Waals surface area contributed by atoms with E-state index in [4.69, 9.17) is 0 Å². The van der Waals surface area contributed by atoms with Gasteiger partial charge in [0.2, 0.25) is 0 Å². The molecule has 0 amide bonds. The molecule has 2 saturated heterocycles. The van der Waals surface area contributed by atoms with Gasteiger partial charge in [0.05, 0.1) is 6.61 Å². The van der Waals surface area contributed by atoms with Crippen LogP contribution in [-0.4, -0.2) is 85.3 Å². The molecular weight excluding hydrogens is 202 g/mol. The Kier molecular flexibility index (Phi) is 4.58. The van der Waals surface area contributed by atoms with Gasteiger partial charge in [0.25, 0.3) is 0 Å². The molecule has 0 aromatic rings. The number of aliphatic hydroxyl groups is 1. The van der Waals surface area contributed by atoms with Crippen LogP contribution in [0.2, 0.25) is 0 Å². The van der Waals surface area contributed by atoms with Gasteiger partial charge in [-0.25, -0.2) is 0 Å². The molecule has 0 aromatic heterocycles. The maximum absolute atomic E-state index is 9.25. The van der Waals surface area contributed by atoms with Crippen LogP contribution in [-0.2, 0) is 0 Å². The van der Waals surface area contributed by atoms with Gasteiger partial charge in [-0.2, -0.15) is 0 Å². The van der Waals surface area contributed by atoms with E-state index in [1.165, 1.54) is 52.1 Å². The summed E-state index contributed by atoms with van der Waals surface area (Å²) in [7, 11) is 2.19. The molecule has 2 heterocycles. The Morgan fingerprint density at radius 1 is 1.06 bits per heavy atom. The molecule has 0 bridgehead atoms.